The van der Waals surface area contributed by atoms with Gasteiger partial charge in [0, 0.05) is 44.8 Å². The number of methoxy groups -OCH3 is 1. The predicted octanol–water partition coefficient (Wildman–Crippen LogP) is 2.42. The number of rotatable bonds is 7. The van der Waals surface area contributed by atoms with Crippen LogP contribution in [0.15, 0.2) is 23.2 Å². The normalized spacial score (nSPS) is 16.8. The first kappa shape index (κ1) is 23.6. The molecule has 0 bridgehead atoms. The van der Waals surface area contributed by atoms with Gasteiger partial charge in [-0.2, -0.15) is 0 Å². The van der Waals surface area contributed by atoms with Crippen molar-refractivity contribution in [2.75, 3.05) is 46.4 Å². The van der Waals surface area contributed by atoms with Crippen molar-refractivity contribution >= 4 is 35.8 Å². The van der Waals surface area contributed by atoms with E-state index in [2.05, 4.69) is 20.5 Å². The summed E-state index contributed by atoms with van der Waals surface area (Å²) in [7, 11) is 1.73. The highest BCUT2D eigenvalue weighted by Crippen LogP contribution is 2.16. The fourth-order valence-corrected chi connectivity index (χ4v) is 2.99. The molecule has 0 aromatic heterocycles. The molecule has 6 nitrogen and oxygen atoms in total. The fourth-order valence-electron chi connectivity index (χ4n) is 2.99. The topological polar surface area (TPSA) is 66.0 Å². The van der Waals surface area contributed by atoms with Gasteiger partial charge in [0.1, 0.15) is 5.82 Å². The zero-order chi connectivity index (χ0) is 18.9. The molecule has 27 heavy (non-hydrogen) atoms. The van der Waals surface area contributed by atoms with Crippen LogP contribution in [-0.2, 0) is 4.74 Å². The van der Waals surface area contributed by atoms with E-state index >= 15 is 0 Å². The zero-order valence-corrected chi connectivity index (χ0v) is 18.6. The summed E-state index contributed by atoms with van der Waals surface area (Å²) in [5.74, 6) is 0.733. The van der Waals surface area contributed by atoms with E-state index in [1.165, 1.54) is 6.07 Å². The van der Waals surface area contributed by atoms with E-state index < -0.39 is 0 Å². The molecular weight excluding hydrogens is 462 g/mol. The number of nitrogens with one attached hydrogen (secondary N) is 2. The molecule has 152 valence electrons. The molecule has 1 saturated heterocycles. The van der Waals surface area contributed by atoms with Gasteiger partial charge in [0.05, 0.1) is 13.2 Å². The van der Waals surface area contributed by atoms with Crippen LogP contribution >= 0.6 is 24.0 Å². The summed E-state index contributed by atoms with van der Waals surface area (Å²) < 4.78 is 18.8. The third kappa shape index (κ3) is 7.25. The summed E-state index contributed by atoms with van der Waals surface area (Å²) in [5, 5.41) is 6.08. The van der Waals surface area contributed by atoms with Gasteiger partial charge < -0.3 is 20.3 Å². The predicted molar refractivity (Wildman–Crippen MR) is 116 cm³/mol. The summed E-state index contributed by atoms with van der Waals surface area (Å²) in [4.78, 5) is 18.9. The number of aliphatic imine (C=N–C) groups is 1. The second-order valence-electron chi connectivity index (χ2n) is 6.51. The van der Waals surface area contributed by atoms with Gasteiger partial charge in [0.15, 0.2) is 5.96 Å². The van der Waals surface area contributed by atoms with Crippen LogP contribution in [0.5, 0.6) is 0 Å². The lowest BCUT2D eigenvalue weighted by Crippen LogP contribution is -2.40. The summed E-state index contributed by atoms with van der Waals surface area (Å²) in [6.45, 7) is 8.00. The van der Waals surface area contributed by atoms with Crippen molar-refractivity contribution < 1.29 is 13.9 Å². The number of halogens is 2. The number of hydrogen-bond donors (Lipinski definition) is 2. The Kier molecular flexibility index (Phi) is 10.6. The van der Waals surface area contributed by atoms with Gasteiger partial charge in [0.25, 0.3) is 5.91 Å². The Balaban J connectivity index is 0.00000364. The zero-order valence-electron chi connectivity index (χ0n) is 16.3. The first-order valence-electron chi connectivity index (χ1n) is 9.11. The van der Waals surface area contributed by atoms with Gasteiger partial charge in [0.2, 0.25) is 0 Å². The van der Waals surface area contributed by atoms with Gasteiger partial charge in [-0.15, -0.1) is 24.0 Å². The van der Waals surface area contributed by atoms with Gasteiger partial charge in [-0.25, -0.2) is 4.39 Å². The van der Waals surface area contributed by atoms with Crippen LogP contribution in [0, 0.1) is 18.7 Å². The molecule has 1 aliphatic heterocycles. The first-order chi connectivity index (χ1) is 12.5. The molecule has 8 heteroatoms. The maximum Gasteiger partial charge on any atom is 0.251 e. The Hall–Kier alpha value is -1.42. The van der Waals surface area contributed by atoms with E-state index in [4.69, 9.17) is 4.74 Å². The lowest BCUT2D eigenvalue weighted by molar-refractivity contribution is 0.0954. The SMILES string of the molecule is CCNC(=NCCNC(=O)c1ccc(C)c(F)c1)N1CCC(COC)C1.I. The average Bonchev–Trinajstić information content (AvgIpc) is 3.08. The van der Waals surface area contributed by atoms with Crippen molar-refractivity contribution in [1.82, 2.24) is 15.5 Å². The molecule has 0 saturated carbocycles. The highest BCUT2D eigenvalue weighted by Gasteiger charge is 2.24. The maximum atomic E-state index is 13.6. The number of carbonyl (C=O) groups excluding carboxylic acids is 1. The van der Waals surface area contributed by atoms with Crippen LogP contribution in [0.4, 0.5) is 4.39 Å². The van der Waals surface area contributed by atoms with Crippen LogP contribution in [0.2, 0.25) is 0 Å². The van der Waals surface area contributed by atoms with Crippen molar-refractivity contribution in [2.24, 2.45) is 10.9 Å². The Morgan fingerprint density at radius 3 is 2.85 bits per heavy atom. The lowest BCUT2D eigenvalue weighted by atomic mass is 10.1. The monoisotopic (exact) mass is 492 g/mol. The summed E-state index contributed by atoms with van der Waals surface area (Å²) in [5.41, 5.74) is 0.852. The minimum atomic E-state index is -0.371. The number of benzene rings is 1. The van der Waals surface area contributed by atoms with Crippen LogP contribution in [-0.4, -0.2) is 63.2 Å². The smallest absolute Gasteiger partial charge is 0.251 e. The van der Waals surface area contributed by atoms with Crippen molar-refractivity contribution in [3.8, 4) is 0 Å². The fraction of sp³-hybridized carbons (Fsp3) is 0.579. The molecule has 1 aliphatic rings. The van der Waals surface area contributed by atoms with E-state index in [0.29, 0.717) is 30.1 Å². The maximum absolute atomic E-state index is 13.6. The van der Waals surface area contributed by atoms with Gasteiger partial charge in [-0.3, -0.25) is 9.79 Å². The Bertz CT molecular complexity index is 642. The summed E-state index contributed by atoms with van der Waals surface area (Å²) >= 11 is 0. The molecule has 2 N–H and O–H groups in total. The standard InChI is InChI=1S/C19H29FN4O2.HI/c1-4-21-19(24-10-7-15(12-24)13-26-3)23-9-8-22-18(25)16-6-5-14(2)17(20)11-16;/h5-6,11,15H,4,7-10,12-13H2,1-3H3,(H,21,23)(H,22,25);1H. The molecule has 0 spiro atoms. The molecule has 0 radical (unpaired) electrons. The Morgan fingerprint density at radius 1 is 1.41 bits per heavy atom. The number of carbonyl (C=O) groups is 1. The lowest BCUT2D eigenvalue weighted by Gasteiger charge is -2.21. The molecular formula is C19H30FIN4O2. The Labute approximate surface area is 178 Å². The number of amides is 1. The van der Waals surface area contributed by atoms with Crippen molar-refractivity contribution in [3.05, 3.63) is 35.1 Å². The molecule has 1 atom stereocenters. The van der Waals surface area contributed by atoms with Crippen LogP contribution in [0.1, 0.15) is 29.3 Å². The second-order valence-corrected chi connectivity index (χ2v) is 6.51. The van der Waals surface area contributed by atoms with E-state index in [1.54, 1.807) is 26.2 Å². The van der Waals surface area contributed by atoms with Gasteiger partial charge in [-0.05, 0) is 38.0 Å². The van der Waals surface area contributed by atoms with E-state index in [-0.39, 0.29) is 35.7 Å². The molecule has 1 heterocycles. The minimum absolute atomic E-state index is 0. The molecule has 2 rings (SSSR count). The highest BCUT2D eigenvalue weighted by atomic mass is 127. The second kappa shape index (κ2) is 12.1. The number of hydrogen-bond acceptors (Lipinski definition) is 3. The molecule has 1 unspecified atom stereocenters. The molecule has 1 aromatic carbocycles. The van der Waals surface area contributed by atoms with E-state index in [9.17, 15) is 9.18 Å². The van der Waals surface area contributed by atoms with Crippen molar-refractivity contribution in [3.63, 3.8) is 0 Å². The number of likely N-dealkylation sites (tertiary alicyclic amines) is 1. The van der Waals surface area contributed by atoms with Crippen molar-refractivity contribution in [1.29, 1.82) is 0 Å². The molecule has 0 aliphatic carbocycles. The average molecular weight is 492 g/mol. The first-order valence-corrected chi connectivity index (χ1v) is 9.11. The minimum Gasteiger partial charge on any atom is -0.384 e. The van der Waals surface area contributed by atoms with Crippen LogP contribution in [0.25, 0.3) is 0 Å². The molecule has 1 fully saturated rings. The van der Waals surface area contributed by atoms with Gasteiger partial charge >= 0.3 is 0 Å². The number of nitrogens with zero attached hydrogens (tertiary/aromatic N) is 2. The van der Waals surface area contributed by atoms with Crippen LogP contribution < -0.4 is 10.6 Å². The Morgan fingerprint density at radius 2 is 2.19 bits per heavy atom. The third-order valence-corrected chi connectivity index (χ3v) is 4.42. The molecule has 1 aromatic rings. The summed E-state index contributed by atoms with van der Waals surface area (Å²) in [6, 6.07) is 4.49. The van der Waals surface area contributed by atoms with E-state index in [1.807, 2.05) is 6.92 Å². The van der Waals surface area contributed by atoms with Gasteiger partial charge in [-0.1, -0.05) is 6.07 Å². The van der Waals surface area contributed by atoms with Crippen LogP contribution in [0.3, 0.4) is 0 Å². The largest absolute Gasteiger partial charge is 0.384 e. The van der Waals surface area contributed by atoms with Crippen molar-refractivity contribution in [2.45, 2.75) is 20.3 Å². The summed E-state index contributed by atoms with van der Waals surface area (Å²) in [6.07, 6.45) is 1.09. The number of ether oxygens (including phenoxy) is 1. The number of guanidine groups is 1. The number of aryl methyl sites for hydroxylation is 1. The highest BCUT2D eigenvalue weighted by molar-refractivity contribution is 14.0. The molecule has 1 amide bonds. The third-order valence-electron chi connectivity index (χ3n) is 4.42. The quantitative estimate of drug-likeness (QED) is 0.266. The van der Waals surface area contributed by atoms with E-state index in [0.717, 1.165) is 38.6 Å².